The molecule has 0 saturated carbocycles. The van der Waals surface area contributed by atoms with Crippen molar-refractivity contribution in [1.29, 1.82) is 0 Å². The Bertz CT molecular complexity index is 613. The van der Waals surface area contributed by atoms with Gasteiger partial charge >= 0.3 is 0 Å². The topological polar surface area (TPSA) is 45.2 Å². The molecule has 3 rings (SSSR count). The molecule has 6 heteroatoms. The maximum absolute atomic E-state index is 6.20. The fraction of sp³-hybridized carbons (Fsp3) is 0.471. The molecule has 1 aliphatic rings. The van der Waals surface area contributed by atoms with Crippen LogP contribution in [0.15, 0.2) is 36.9 Å². The molecule has 0 aliphatic carbocycles. The maximum Gasteiger partial charge on any atom is 0.150 e. The minimum Gasteiger partial charge on any atom is -0.355 e. The van der Waals surface area contributed by atoms with E-state index >= 15 is 0 Å². The maximum atomic E-state index is 6.20. The lowest BCUT2D eigenvalue weighted by Crippen LogP contribution is -2.44. The Labute approximate surface area is 142 Å². The Balaban J connectivity index is 1.49. The molecule has 0 aromatic carbocycles. The summed E-state index contributed by atoms with van der Waals surface area (Å²) in [6.07, 6.45) is 8.33. The summed E-state index contributed by atoms with van der Waals surface area (Å²) in [5.41, 5.74) is 1.17. The van der Waals surface area contributed by atoms with E-state index in [4.69, 9.17) is 11.6 Å². The van der Waals surface area contributed by atoms with Gasteiger partial charge in [0.1, 0.15) is 11.3 Å². The van der Waals surface area contributed by atoms with Gasteiger partial charge in [-0.3, -0.25) is 4.98 Å². The summed E-state index contributed by atoms with van der Waals surface area (Å²) < 4.78 is 0. The normalized spacial score (nSPS) is 16.4. The third kappa shape index (κ3) is 4.18. The molecule has 0 radical (unpaired) electrons. The molecule has 1 saturated heterocycles. The van der Waals surface area contributed by atoms with Crippen molar-refractivity contribution >= 4 is 17.4 Å². The Kier molecular flexibility index (Phi) is 5.41. The highest BCUT2D eigenvalue weighted by atomic mass is 35.5. The first-order chi connectivity index (χ1) is 11.2. The average molecular weight is 332 g/mol. The molecule has 1 fully saturated rings. The Morgan fingerprint density at radius 2 is 2.09 bits per heavy atom. The molecule has 2 aromatic rings. The fourth-order valence-electron chi connectivity index (χ4n) is 3.09. The number of piperidine rings is 1. The zero-order valence-electron chi connectivity index (χ0n) is 13.4. The van der Waals surface area contributed by atoms with Crippen LogP contribution in [0.5, 0.6) is 0 Å². The molecule has 5 nitrogen and oxygen atoms in total. The van der Waals surface area contributed by atoms with E-state index in [0.717, 1.165) is 44.7 Å². The van der Waals surface area contributed by atoms with Gasteiger partial charge in [-0.05, 0) is 25.0 Å². The SMILES string of the molecule is CN(c1ncncc1Cl)C1CCN(CCc2ccccn2)CC1. The monoisotopic (exact) mass is 331 g/mol. The zero-order chi connectivity index (χ0) is 16.1. The molecule has 0 bridgehead atoms. The Morgan fingerprint density at radius 3 is 2.78 bits per heavy atom. The fourth-order valence-corrected chi connectivity index (χ4v) is 3.33. The highest BCUT2D eigenvalue weighted by Crippen LogP contribution is 2.25. The predicted molar refractivity (Wildman–Crippen MR) is 92.8 cm³/mol. The molecular formula is C17H22ClN5. The van der Waals surface area contributed by atoms with Gasteiger partial charge in [-0.2, -0.15) is 0 Å². The molecule has 2 aromatic heterocycles. The molecule has 0 spiro atoms. The van der Waals surface area contributed by atoms with Gasteiger partial charge in [0.25, 0.3) is 0 Å². The summed E-state index contributed by atoms with van der Waals surface area (Å²) in [4.78, 5) is 17.4. The molecule has 3 heterocycles. The number of rotatable bonds is 5. The lowest BCUT2D eigenvalue weighted by Gasteiger charge is -2.37. The predicted octanol–water partition coefficient (Wildman–Crippen LogP) is 2.67. The van der Waals surface area contributed by atoms with Gasteiger partial charge in [-0.1, -0.05) is 17.7 Å². The van der Waals surface area contributed by atoms with Crippen molar-refractivity contribution in [3.8, 4) is 0 Å². The van der Waals surface area contributed by atoms with Crippen molar-refractivity contribution in [1.82, 2.24) is 19.9 Å². The van der Waals surface area contributed by atoms with E-state index in [0.29, 0.717) is 11.1 Å². The van der Waals surface area contributed by atoms with Gasteiger partial charge in [0, 0.05) is 51.0 Å². The van der Waals surface area contributed by atoms with E-state index in [1.54, 1.807) is 12.5 Å². The largest absolute Gasteiger partial charge is 0.355 e. The van der Waals surface area contributed by atoms with Crippen molar-refractivity contribution in [2.75, 3.05) is 31.6 Å². The number of aromatic nitrogens is 3. The van der Waals surface area contributed by atoms with E-state index < -0.39 is 0 Å². The second kappa shape index (κ2) is 7.70. The molecule has 122 valence electrons. The highest BCUT2D eigenvalue weighted by Gasteiger charge is 2.24. The van der Waals surface area contributed by atoms with Gasteiger partial charge in [0.2, 0.25) is 0 Å². The van der Waals surface area contributed by atoms with Crippen LogP contribution in [0.1, 0.15) is 18.5 Å². The summed E-state index contributed by atoms with van der Waals surface area (Å²) >= 11 is 6.20. The minimum atomic E-state index is 0.480. The summed E-state index contributed by atoms with van der Waals surface area (Å²) in [7, 11) is 2.07. The summed E-state index contributed by atoms with van der Waals surface area (Å²) in [5, 5.41) is 0.618. The van der Waals surface area contributed by atoms with Crippen LogP contribution >= 0.6 is 11.6 Å². The molecule has 1 aliphatic heterocycles. The number of hydrogen-bond donors (Lipinski definition) is 0. The Hall–Kier alpha value is -1.72. The van der Waals surface area contributed by atoms with Crippen molar-refractivity contribution in [3.63, 3.8) is 0 Å². The smallest absolute Gasteiger partial charge is 0.150 e. The zero-order valence-corrected chi connectivity index (χ0v) is 14.2. The lowest BCUT2D eigenvalue weighted by molar-refractivity contribution is 0.212. The third-order valence-corrected chi connectivity index (χ3v) is 4.76. The number of likely N-dealkylation sites (tertiary alicyclic amines) is 1. The molecule has 23 heavy (non-hydrogen) atoms. The van der Waals surface area contributed by atoms with Crippen LogP contribution in [0.25, 0.3) is 0 Å². The Morgan fingerprint density at radius 1 is 1.26 bits per heavy atom. The van der Waals surface area contributed by atoms with Crippen LogP contribution in [0.4, 0.5) is 5.82 Å². The number of hydrogen-bond acceptors (Lipinski definition) is 5. The molecule has 0 amide bonds. The van der Waals surface area contributed by atoms with Gasteiger partial charge < -0.3 is 9.80 Å². The highest BCUT2D eigenvalue weighted by molar-refractivity contribution is 6.32. The summed E-state index contributed by atoms with van der Waals surface area (Å²) in [6.45, 7) is 3.27. The number of halogens is 1. The first-order valence-electron chi connectivity index (χ1n) is 8.04. The van der Waals surface area contributed by atoms with E-state index in [1.165, 1.54) is 5.69 Å². The third-order valence-electron chi connectivity index (χ3n) is 4.50. The first-order valence-corrected chi connectivity index (χ1v) is 8.42. The van der Waals surface area contributed by atoms with Crippen LogP contribution in [0.3, 0.4) is 0 Å². The van der Waals surface area contributed by atoms with Crippen molar-refractivity contribution < 1.29 is 0 Å². The summed E-state index contributed by atoms with van der Waals surface area (Å²) in [6, 6.07) is 6.59. The van der Waals surface area contributed by atoms with E-state index in [2.05, 4.69) is 43.9 Å². The first kappa shape index (κ1) is 16.1. The molecular weight excluding hydrogens is 310 g/mol. The van der Waals surface area contributed by atoms with Crippen LogP contribution in [0.2, 0.25) is 5.02 Å². The quantitative estimate of drug-likeness (QED) is 0.843. The van der Waals surface area contributed by atoms with E-state index in [9.17, 15) is 0 Å². The van der Waals surface area contributed by atoms with Crippen molar-refractivity contribution in [2.24, 2.45) is 0 Å². The van der Waals surface area contributed by atoms with E-state index in [1.807, 2.05) is 12.3 Å². The average Bonchev–Trinajstić information content (AvgIpc) is 2.61. The van der Waals surface area contributed by atoms with Gasteiger partial charge in [0.15, 0.2) is 5.82 Å². The number of nitrogens with zero attached hydrogens (tertiary/aromatic N) is 5. The summed E-state index contributed by atoms with van der Waals surface area (Å²) in [5.74, 6) is 0.827. The van der Waals surface area contributed by atoms with Crippen LogP contribution in [0, 0.1) is 0 Å². The standard InChI is InChI=1S/C17H22ClN5/c1-22(17-16(18)12-19-13-21-17)15-6-10-23(11-7-15)9-5-14-4-2-3-8-20-14/h2-4,8,12-13,15H,5-7,9-11H2,1H3. The number of anilines is 1. The molecule has 0 unspecified atom stereocenters. The van der Waals surface area contributed by atoms with Crippen LogP contribution in [-0.4, -0.2) is 52.6 Å². The van der Waals surface area contributed by atoms with Crippen molar-refractivity contribution in [3.05, 3.63) is 47.6 Å². The molecule has 0 N–H and O–H groups in total. The van der Waals surface area contributed by atoms with Gasteiger partial charge in [-0.15, -0.1) is 0 Å². The van der Waals surface area contributed by atoms with Crippen LogP contribution in [-0.2, 0) is 6.42 Å². The van der Waals surface area contributed by atoms with Gasteiger partial charge in [-0.25, -0.2) is 9.97 Å². The van der Waals surface area contributed by atoms with E-state index in [-0.39, 0.29) is 0 Å². The minimum absolute atomic E-state index is 0.480. The molecule has 0 atom stereocenters. The number of pyridine rings is 1. The second-order valence-electron chi connectivity index (χ2n) is 5.95. The van der Waals surface area contributed by atoms with Gasteiger partial charge in [0.05, 0.1) is 6.20 Å². The van der Waals surface area contributed by atoms with Crippen molar-refractivity contribution in [2.45, 2.75) is 25.3 Å². The lowest BCUT2D eigenvalue weighted by atomic mass is 10.0. The van der Waals surface area contributed by atoms with Crippen LogP contribution < -0.4 is 4.90 Å². The second-order valence-corrected chi connectivity index (χ2v) is 6.36.